The van der Waals surface area contributed by atoms with Crippen LogP contribution in [-0.4, -0.2) is 58.8 Å². The van der Waals surface area contributed by atoms with E-state index in [1.165, 1.54) is 6.92 Å². The first-order valence-electron chi connectivity index (χ1n) is 6.96. The van der Waals surface area contributed by atoms with E-state index in [9.17, 15) is 4.79 Å². The van der Waals surface area contributed by atoms with Gasteiger partial charge in [-0.25, -0.2) is 0 Å². The topological polar surface area (TPSA) is 104 Å². The summed E-state index contributed by atoms with van der Waals surface area (Å²) in [5.41, 5.74) is 3.28. The normalized spacial score (nSPS) is 11.3. The van der Waals surface area contributed by atoms with Gasteiger partial charge in [-0.15, -0.1) is 0 Å². The predicted octanol–water partition coefficient (Wildman–Crippen LogP) is -0.486. The van der Waals surface area contributed by atoms with Crippen molar-refractivity contribution in [3.05, 3.63) is 11.9 Å². The van der Waals surface area contributed by atoms with Crippen molar-refractivity contribution < 1.29 is 23.7 Å². The highest BCUT2D eigenvalue weighted by Gasteiger charge is 1.96. The molecule has 0 spiro atoms. The Labute approximate surface area is 125 Å². The first-order valence-corrected chi connectivity index (χ1v) is 6.96. The summed E-state index contributed by atoms with van der Waals surface area (Å²) in [4.78, 5) is 10.5. The molecular weight excluding hydrogens is 278 g/mol. The molecule has 0 atom stereocenters. The maximum Gasteiger partial charge on any atom is 0.302 e. The molecule has 0 fully saturated rings. The minimum absolute atomic E-state index is 0.272. The standard InChI is InChI=1S/C13H27N3O5/c1-3-18-6-7-20-11-13(16-14)10-15-4-5-19-8-9-21-12(2)17/h10,15-16H,3-9,11,14H2,1-2H3/b13-10-. The number of nitrogens with one attached hydrogen (secondary N) is 2. The number of ether oxygens (including phenoxy) is 4. The van der Waals surface area contributed by atoms with Crippen LogP contribution in [0.15, 0.2) is 11.9 Å². The second-order valence-corrected chi connectivity index (χ2v) is 3.97. The average Bonchev–Trinajstić information content (AvgIpc) is 2.47. The van der Waals surface area contributed by atoms with Crippen molar-refractivity contribution in [3.63, 3.8) is 0 Å². The summed E-state index contributed by atoms with van der Waals surface area (Å²) in [5, 5.41) is 3.04. The van der Waals surface area contributed by atoms with Gasteiger partial charge in [0.2, 0.25) is 0 Å². The first kappa shape index (κ1) is 19.7. The zero-order chi connectivity index (χ0) is 15.8. The predicted molar refractivity (Wildman–Crippen MR) is 78.2 cm³/mol. The number of rotatable bonds is 14. The Hall–Kier alpha value is -1.35. The van der Waals surface area contributed by atoms with Crippen LogP contribution in [0.4, 0.5) is 0 Å². The summed E-state index contributed by atoms with van der Waals surface area (Å²) >= 11 is 0. The second-order valence-electron chi connectivity index (χ2n) is 3.97. The molecular formula is C13H27N3O5. The fraction of sp³-hybridized carbons (Fsp3) is 0.769. The van der Waals surface area contributed by atoms with E-state index in [2.05, 4.69) is 10.7 Å². The molecule has 0 radical (unpaired) electrons. The summed E-state index contributed by atoms with van der Waals surface area (Å²) in [6.45, 7) is 7.22. The molecule has 0 saturated heterocycles. The lowest BCUT2D eigenvalue weighted by Gasteiger charge is -2.09. The summed E-state index contributed by atoms with van der Waals surface area (Å²) in [5.74, 6) is 5.07. The molecule has 8 heteroatoms. The van der Waals surface area contributed by atoms with Crippen molar-refractivity contribution in [2.24, 2.45) is 5.84 Å². The van der Waals surface area contributed by atoms with E-state index < -0.39 is 0 Å². The molecule has 0 aliphatic carbocycles. The monoisotopic (exact) mass is 305 g/mol. The number of hydrogen-bond donors (Lipinski definition) is 3. The van der Waals surface area contributed by atoms with E-state index >= 15 is 0 Å². The lowest BCUT2D eigenvalue weighted by atomic mass is 10.5. The molecule has 0 saturated carbocycles. The highest BCUT2D eigenvalue weighted by Crippen LogP contribution is 1.88. The minimum atomic E-state index is -0.303. The molecule has 4 N–H and O–H groups in total. The maximum atomic E-state index is 10.5. The summed E-state index contributed by atoms with van der Waals surface area (Å²) in [6.07, 6.45) is 1.73. The summed E-state index contributed by atoms with van der Waals surface area (Å²) in [7, 11) is 0. The third-order valence-electron chi connectivity index (χ3n) is 2.22. The third-order valence-corrected chi connectivity index (χ3v) is 2.22. The molecule has 0 aromatic rings. The molecule has 0 bridgehead atoms. The van der Waals surface area contributed by atoms with E-state index in [1.54, 1.807) is 6.20 Å². The molecule has 0 rings (SSSR count). The van der Waals surface area contributed by atoms with E-state index in [1.807, 2.05) is 6.92 Å². The van der Waals surface area contributed by atoms with Crippen LogP contribution in [0.5, 0.6) is 0 Å². The van der Waals surface area contributed by atoms with Crippen molar-refractivity contribution in [2.75, 3.05) is 52.8 Å². The molecule has 0 aromatic heterocycles. The number of nitrogens with two attached hydrogens (primary N) is 1. The van der Waals surface area contributed by atoms with Gasteiger partial charge in [0.05, 0.1) is 38.7 Å². The van der Waals surface area contributed by atoms with Crippen molar-refractivity contribution in [1.29, 1.82) is 0 Å². The van der Waals surface area contributed by atoms with Crippen molar-refractivity contribution >= 4 is 5.97 Å². The lowest BCUT2D eigenvalue weighted by Crippen LogP contribution is -2.27. The molecule has 8 nitrogen and oxygen atoms in total. The molecule has 124 valence electrons. The van der Waals surface area contributed by atoms with Gasteiger partial charge in [-0.1, -0.05) is 0 Å². The van der Waals surface area contributed by atoms with Crippen LogP contribution in [0.2, 0.25) is 0 Å². The smallest absolute Gasteiger partial charge is 0.302 e. The quantitative estimate of drug-likeness (QED) is 0.171. The van der Waals surface area contributed by atoms with Crippen molar-refractivity contribution in [3.8, 4) is 0 Å². The van der Waals surface area contributed by atoms with Gasteiger partial charge in [-0.3, -0.25) is 10.6 Å². The zero-order valence-electron chi connectivity index (χ0n) is 12.9. The molecule has 0 aliphatic heterocycles. The Bertz CT molecular complexity index is 287. The van der Waals surface area contributed by atoms with Crippen LogP contribution in [0.25, 0.3) is 0 Å². The summed E-state index contributed by atoms with van der Waals surface area (Å²) in [6, 6.07) is 0. The molecule has 0 aromatic carbocycles. The molecule has 0 aliphatic rings. The SMILES string of the molecule is CCOCCOC/C(=C/NCCOCCOC(C)=O)NN. The van der Waals surface area contributed by atoms with Crippen molar-refractivity contribution in [1.82, 2.24) is 10.7 Å². The molecule has 0 amide bonds. The second kappa shape index (κ2) is 15.0. The number of carbonyl (C=O) groups excluding carboxylic acids is 1. The fourth-order valence-corrected chi connectivity index (χ4v) is 1.24. The van der Waals surface area contributed by atoms with Crippen LogP contribution < -0.4 is 16.6 Å². The van der Waals surface area contributed by atoms with Gasteiger partial charge >= 0.3 is 5.97 Å². The van der Waals surface area contributed by atoms with Crippen LogP contribution in [-0.2, 0) is 23.7 Å². The average molecular weight is 305 g/mol. The lowest BCUT2D eigenvalue weighted by molar-refractivity contribution is -0.142. The number of hydrazine groups is 1. The van der Waals surface area contributed by atoms with Gasteiger partial charge in [0, 0.05) is 26.3 Å². The largest absolute Gasteiger partial charge is 0.463 e. The Balaban J connectivity index is 3.48. The van der Waals surface area contributed by atoms with E-state index in [0.717, 1.165) is 5.70 Å². The fourth-order valence-electron chi connectivity index (χ4n) is 1.24. The first-order chi connectivity index (χ1) is 10.2. The summed E-state index contributed by atoms with van der Waals surface area (Å²) < 4.78 is 20.5. The number of esters is 1. The molecule has 0 unspecified atom stereocenters. The van der Waals surface area contributed by atoms with Crippen molar-refractivity contribution in [2.45, 2.75) is 13.8 Å². The van der Waals surface area contributed by atoms with Gasteiger partial charge in [-0.05, 0) is 6.92 Å². The zero-order valence-corrected chi connectivity index (χ0v) is 12.9. The van der Waals surface area contributed by atoms with Gasteiger partial charge in [0.25, 0.3) is 0 Å². The van der Waals surface area contributed by atoms with Crippen LogP contribution in [0, 0.1) is 0 Å². The van der Waals surface area contributed by atoms with E-state index in [0.29, 0.717) is 46.2 Å². The number of hydrogen-bond acceptors (Lipinski definition) is 8. The van der Waals surface area contributed by atoms with E-state index in [4.69, 9.17) is 24.8 Å². The van der Waals surface area contributed by atoms with Gasteiger partial charge < -0.3 is 29.7 Å². The Morgan fingerprint density at radius 3 is 2.48 bits per heavy atom. The molecule has 21 heavy (non-hydrogen) atoms. The highest BCUT2D eigenvalue weighted by atomic mass is 16.6. The van der Waals surface area contributed by atoms with Gasteiger partial charge in [0.15, 0.2) is 0 Å². The molecule has 0 heterocycles. The van der Waals surface area contributed by atoms with Gasteiger partial charge in [0.1, 0.15) is 6.61 Å². The highest BCUT2D eigenvalue weighted by molar-refractivity contribution is 5.65. The Kier molecular flexibility index (Phi) is 14.1. The van der Waals surface area contributed by atoms with Gasteiger partial charge in [-0.2, -0.15) is 0 Å². The Morgan fingerprint density at radius 2 is 1.81 bits per heavy atom. The third kappa shape index (κ3) is 14.9. The maximum absolute atomic E-state index is 10.5. The van der Waals surface area contributed by atoms with Crippen LogP contribution in [0.3, 0.4) is 0 Å². The van der Waals surface area contributed by atoms with Crippen LogP contribution in [0.1, 0.15) is 13.8 Å². The number of carbonyl (C=O) groups is 1. The van der Waals surface area contributed by atoms with Crippen LogP contribution >= 0.6 is 0 Å². The minimum Gasteiger partial charge on any atom is -0.463 e. The van der Waals surface area contributed by atoms with E-state index in [-0.39, 0.29) is 12.6 Å². The Morgan fingerprint density at radius 1 is 1.10 bits per heavy atom.